The summed E-state index contributed by atoms with van der Waals surface area (Å²) >= 11 is 1.60. The predicted octanol–water partition coefficient (Wildman–Crippen LogP) is 5.01. The second kappa shape index (κ2) is 12.2. The molecule has 2 fully saturated rings. The van der Waals surface area contributed by atoms with Crippen molar-refractivity contribution in [2.45, 2.75) is 51.5 Å². The van der Waals surface area contributed by atoms with Gasteiger partial charge in [-0.15, -0.1) is 0 Å². The first-order valence-corrected chi connectivity index (χ1v) is 14.2. The molecule has 0 bridgehead atoms. The van der Waals surface area contributed by atoms with E-state index in [0.29, 0.717) is 24.4 Å². The standard InChI is InChI=1S/C28H37N3O4S/c1-2-33-27(32)21-11-17-31(18-12-21)22-13-15-30(16-14-22)19-20-34-23-7-9-24(10-8-23)35-28-29-25-5-3-4-6-26(25)36-28/h4,6-10,21-22H,2-3,5,11-20H2,1H3. The predicted molar refractivity (Wildman–Crippen MR) is 142 cm³/mol. The van der Waals surface area contributed by atoms with Gasteiger partial charge in [-0.05, 0) is 102 Å². The molecule has 0 spiro atoms. The van der Waals surface area contributed by atoms with Crippen molar-refractivity contribution in [3.8, 4) is 16.7 Å². The van der Waals surface area contributed by atoms with E-state index >= 15 is 0 Å². The molecular weight excluding hydrogens is 474 g/mol. The summed E-state index contributed by atoms with van der Waals surface area (Å²) in [4.78, 5) is 22.9. The number of piperidine rings is 2. The molecule has 1 aromatic carbocycles. The maximum Gasteiger partial charge on any atom is 0.309 e. The van der Waals surface area contributed by atoms with E-state index in [9.17, 15) is 4.79 Å². The zero-order valence-corrected chi connectivity index (χ0v) is 22.0. The van der Waals surface area contributed by atoms with Gasteiger partial charge in [-0.1, -0.05) is 17.4 Å². The summed E-state index contributed by atoms with van der Waals surface area (Å²) in [5.41, 5.74) is 1.14. The van der Waals surface area contributed by atoms with Crippen LogP contribution in [0.2, 0.25) is 0 Å². The highest BCUT2D eigenvalue weighted by molar-refractivity contribution is 7.14. The van der Waals surface area contributed by atoms with Gasteiger partial charge >= 0.3 is 5.97 Å². The Kier molecular flexibility index (Phi) is 8.56. The van der Waals surface area contributed by atoms with Crippen molar-refractivity contribution in [1.82, 2.24) is 14.8 Å². The van der Waals surface area contributed by atoms with Crippen molar-refractivity contribution in [3.05, 3.63) is 40.9 Å². The topological polar surface area (TPSA) is 64.1 Å². The largest absolute Gasteiger partial charge is 0.492 e. The highest BCUT2D eigenvalue weighted by Crippen LogP contribution is 2.33. The molecular formula is C28H37N3O4S. The first kappa shape index (κ1) is 25.2. The molecule has 194 valence electrons. The number of fused-ring (bicyclic) bond motifs is 1. The Morgan fingerprint density at radius 3 is 2.53 bits per heavy atom. The number of rotatable bonds is 9. The highest BCUT2D eigenvalue weighted by atomic mass is 32.1. The summed E-state index contributed by atoms with van der Waals surface area (Å²) in [6.45, 7) is 8.21. The fourth-order valence-electron chi connectivity index (χ4n) is 5.37. The van der Waals surface area contributed by atoms with Crippen molar-refractivity contribution in [2.75, 3.05) is 45.9 Å². The Labute approximate surface area is 218 Å². The number of thiazole rings is 1. The second-order valence-corrected chi connectivity index (χ2v) is 10.8. The number of benzene rings is 1. The van der Waals surface area contributed by atoms with Gasteiger partial charge in [-0.25, -0.2) is 4.98 Å². The summed E-state index contributed by atoms with van der Waals surface area (Å²) in [5.74, 6) is 1.73. The molecule has 0 saturated carbocycles. The average molecular weight is 512 g/mol. The van der Waals surface area contributed by atoms with Crippen LogP contribution in [0.15, 0.2) is 30.3 Å². The smallest absolute Gasteiger partial charge is 0.309 e. The quantitative estimate of drug-likeness (QED) is 0.438. The SMILES string of the molecule is CCOC(=O)C1CCN(C2CCN(CCOc3ccc(Oc4nc5c(s4)C=CCC5)cc3)CC2)CC1. The zero-order valence-electron chi connectivity index (χ0n) is 21.2. The summed E-state index contributed by atoms with van der Waals surface area (Å²) in [6, 6.07) is 8.46. The minimum absolute atomic E-state index is 0.00956. The van der Waals surface area contributed by atoms with E-state index in [1.807, 2.05) is 31.2 Å². The maximum atomic E-state index is 12.0. The minimum atomic E-state index is -0.00956. The number of likely N-dealkylation sites (tertiary alicyclic amines) is 2. The molecule has 0 N–H and O–H groups in total. The van der Waals surface area contributed by atoms with Gasteiger partial charge in [0.25, 0.3) is 5.19 Å². The molecule has 0 amide bonds. The van der Waals surface area contributed by atoms with Crippen LogP contribution in [0.25, 0.3) is 6.08 Å². The third-order valence-electron chi connectivity index (χ3n) is 7.45. The Bertz CT molecular complexity index is 1020. The van der Waals surface area contributed by atoms with Gasteiger partial charge < -0.3 is 19.1 Å². The molecule has 2 aromatic rings. The number of allylic oxidation sites excluding steroid dienone is 1. The van der Waals surface area contributed by atoms with E-state index in [2.05, 4.69) is 26.9 Å². The van der Waals surface area contributed by atoms with Gasteiger partial charge in [-0.2, -0.15) is 0 Å². The molecule has 1 aromatic heterocycles. The number of esters is 1. The molecule has 2 saturated heterocycles. The Morgan fingerprint density at radius 2 is 1.81 bits per heavy atom. The van der Waals surface area contributed by atoms with Gasteiger partial charge in [0.1, 0.15) is 18.1 Å². The number of carbonyl (C=O) groups excluding carboxylic acids is 1. The Morgan fingerprint density at radius 1 is 1.06 bits per heavy atom. The molecule has 0 radical (unpaired) electrons. The summed E-state index contributed by atoms with van der Waals surface area (Å²) in [5, 5.41) is 0.701. The number of aryl methyl sites for hydroxylation is 1. The van der Waals surface area contributed by atoms with Crippen LogP contribution in [-0.4, -0.2) is 72.7 Å². The molecule has 7 nitrogen and oxygen atoms in total. The molecule has 1 aliphatic carbocycles. The number of ether oxygens (including phenoxy) is 3. The van der Waals surface area contributed by atoms with Crippen LogP contribution in [-0.2, 0) is 16.0 Å². The lowest BCUT2D eigenvalue weighted by atomic mass is 9.93. The lowest BCUT2D eigenvalue weighted by Gasteiger charge is -2.41. The number of hydrogen-bond acceptors (Lipinski definition) is 8. The van der Waals surface area contributed by atoms with E-state index < -0.39 is 0 Å². The normalized spacial score (nSPS) is 19.7. The number of carbonyl (C=O) groups is 1. The molecule has 8 heteroatoms. The van der Waals surface area contributed by atoms with Gasteiger partial charge in [0.15, 0.2) is 0 Å². The lowest BCUT2D eigenvalue weighted by molar-refractivity contribution is -0.149. The molecule has 36 heavy (non-hydrogen) atoms. The first-order valence-electron chi connectivity index (χ1n) is 13.4. The van der Waals surface area contributed by atoms with Crippen LogP contribution in [0.1, 0.15) is 49.6 Å². The van der Waals surface area contributed by atoms with Gasteiger partial charge in [0, 0.05) is 12.6 Å². The van der Waals surface area contributed by atoms with Crippen LogP contribution >= 0.6 is 11.3 Å². The summed E-state index contributed by atoms with van der Waals surface area (Å²) in [6.07, 6.45) is 10.6. The first-order chi connectivity index (χ1) is 17.7. The molecule has 5 rings (SSSR count). The van der Waals surface area contributed by atoms with Crippen molar-refractivity contribution in [2.24, 2.45) is 5.92 Å². The van der Waals surface area contributed by atoms with Crippen molar-refractivity contribution in [3.63, 3.8) is 0 Å². The van der Waals surface area contributed by atoms with E-state index in [-0.39, 0.29) is 11.9 Å². The fraction of sp³-hybridized carbons (Fsp3) is 0.571. The molecule has 3 aliphatic rings. The average Bonchev–Trinajstić information content (AvgIpc) is 3.33. The lowest BCUT2D eigenvalue weighted by Crippen LogP contribution is -2.49. The summed E-state index contributed by atoms with van der Waals surface area (Å²) in [7, 11) is 0. The maximum absolute atomic E-state index is 12.0. The molecule has 0 atom stereocenters. The molecule has 3 heterocycles. The number of nitrogens with zero attached hydrogens (tertiary/aromatic N) is 3. The van der Waals surface area contributed by atoms with Crippen LogP contribution in [0.3, 0.4) is 0 Å². The van der Waals surface area contributed by atoms with Gasteiger partial charge in [-0.3, -0.25) is 9.69 Å². The minimum Gasteiger partial charge on any atom is -0.492 e. The number of hydrogen-bond donors (Lipinski definition) is 0. The third-order valence-corrected chi connectivity index (χ3v) is 8.39. The van der Waals surface area contributed by atoms with E-state index in [0.717, 1.165) is 75.6 Å². The van der Waals surface area contributed by atoms with Crippen LogP contribution in [0.4, 0.5) is 0 Å². The highest BCUT2D eigenvalue weighted by Gasteiger charge is 2.31. The van der Waals surface area contributed by atoms with Gasteiger partial charge in [0.2, 0.25) is 0 Å². The van der Waals surface area contributed by atoms with E-state index in [1.54, 1.807) is 11.3 Å². The van der Waals surface area contributed by atoms with Crippen LogP contribution in [0.5, 0.6) is 16.7 Å². The van der Waals surface area contributed by atoms with E-state index in [4.69, 9.17) is 14.2 Å². The van der Waals surface area contributed by atoms with E-state index in [1.165, 1.54) is 17.7 Å². The third kappa shape index (κ3) is 6.47. The van der Waals surface area contributed by atoms with Gasteiger partial charge in [0.05, 0.1) is 23.1 Å². The molecule has 2 aliphatic heterocycles. The van der Waals surface area contributed by atoms with Crippen molar-refractivity contribution < 1.29 is 19.0 Å². The van der Waals surface area contributed by atoms with Crippen LogP contribution < -0.4 is 9.47 Å². The monoisotopic (exact) mass is 511 g/mol. The van der Waals surface area contributed by atoms with Crippen molar-refractivity contribution >= 4 is 23.4 Å². The van der Waals surface area contributed by atoms with Crippen LogP contribution in [0, 0.1) is 5.92 Å². The fourth-order valence-corrected chi connectivity index (χ4v) is 6.28. The second-order valence-electron chi connectivity index (χ2n) is 9.79. The Balaban J connectivity index is 0.989. The number of aromatic nitrogens is 1. The summed E-state index contributed by atoms with van der Waals surface area (Å²) < 4.78 is 17.2. The Hall–Kier alpha value is -2.42. The van der Waals surface area contributed by atoms with Crippen molar-refractivity contribution in [1.29, 1.82) is 0 Å². The zero-order chi connectivity index (χ0) is 24.7. The molecule has 0 unspecified atom stereocenters.